The lowest BCUT2D eigenvalue weighted by Gasteiger charge is -2.11. The maximum Gasteiger partial charge on any atom is 0.417 e. The quantitative estimate of drug-likeness (QED) is 0.615. The van der Waals surface area contributed by atoms with E-state index in [1.165, 1.54) is 0 Å². The fraction of sp³-hybridized carbons (Fsp3) is 0.0500. The van der Waals surface area contributed by atoms with E-state index in [9.17, 15) is 4.79 Å². The zero-order chi connectivity index (χ0) is 18.5. The molecule has 6 nitrogen and oxygen atoms in total. The summed E-state index contributed by atoms with van der Waals surface area (Å²) in [5, 5.41) is 2.64. The Morgan fingerprint density at radius 1 is 0.885 bits per heavy atom. The van der Waals surface area contributed by atoms with E-state index in [-0.39, 0.29) is 0 Å². The molecule has 0 aliphatic rings. The van der Waals surface area contributed by atoms with Crippen molar-refractivity contribution in [1.29, 1.82) is 0 Å². The number of ether oxygens (including phenoxy) is 2. The van der Waals surface area contributed by atoms with Crippen LogP contribution in [0.3, 0.4) is 0 Å². The van der Waals surface area contributed by atoms with Crippen molar-refractivity contribution < 1.29 is 14.3 Å². The van der Waals surface area contributed by atoms with Gasteiger partial charge in [0.05, 0.1) is 18.5 Å². The summed E-state index contributed by atoms with van der Waals surface area (Å²) in [6.45, 7) is 0. The number of carbonyl (C=O) groups excluding carboxylic acids is 1. The van der Waals surface area contributed by atoms with Crippen LogP contribution >= 0.6 is 0 Å². The lowest BCUT2D eigenvalue weighted by atomic mass is 10.0. The number of hydrogen-bond acceptors (Lipinski definition) is 5. The Bertz CT molecular complexity index is 924. The highest BCUT2D eigenvalue weighted by Crippen LogP contribution is 2.28. The second-order valence-corrected chi connectivity index (χ2v) is 5.62. The van der Waals surface area contributed by atoms with Crippen molar-refractivity contribution in [2.24, 2.45) is 0 Å². The van der Waals surface area contributed by atoms with Crippen LogP contribution in [-0.4, -0.2) is 13.2 Å². The number of anilines is 3. The van der Waals surface area contributed by atoms with E-state index in [0.717, 1.165) is 11.1 Å². The standard InChI is InChI=1S/C20H19N3O3/c1-25-16-6-8-17(9-7-16)26-20(24)23-19-10-5-14(12-18(19)22)13-3-2-4-15(21)11-13/h2-12H,21-22H2,1H3,(H,23,24). The molecule has 0 aromatic heterocycles. The van der Waals surface area contributed by atoms with Crippen LogP contribution in [0.5, 0.6) is 11.5 Å². The van der Waals surface area contributed by atoms with Crippen molar-refractivity contribution in [3.8, 4) is 22.6 Å². The fourth-order valence-corrected chi connectivity index (χ4v) is 2.46. The molecule has 0 aliphatic carbocycles. The molecule has 3 aromatic rings. The number of methoxy groups -OCH3 is 1. The Morgan fingerprint density at radius 2 is 1.58 bits per heavy atom. The Kier molecular flexibility index (Phi) is 4.94. The molecule has 0 heterocycles. The highest BCUT2D eigenvalue weighted by molar-refractivity contribution is 5.91. The minimum atomic E-state index is -0.626. The van der Waals surface area contributed by atoms with E-state index in [1.807, 2.05) is 30.3 Å². The first-order valence-electron chi connectivity index (χ1n) is 7.93. The van der Waals surface area contributed by atoms with Gasteiger partial charge in [0.1, 0.15) is 11.5 Å². The summed E-state index contributed by atoms with van der Waals surface area (Å²) in [5.74, 6) is 1.08. The Hall–Kier alpha value is -3.67. The molecule has 0 aliphatic heterocycles. The van der Waals surface area contributed by atoms with Gasteiger partial charge in [-0.1, -0.05) is 18.2 Å². The van der Waals surface area contributed by atoms with E-state index >= 15 is 0 Å². The van der Waals surface area contributed by atoms with Gasteiger partial charge in [-0.3, -0.25) is 5.32 Å². The summed E-state index contributed by atoms with van der Waals surface area (Å²) in [4.78, 5) is 12.1. The number of hydrogen-bond donors (Lipinski definition) is 3. The van der Waals surface area contributed by atoms with Gasteiger partial charge in [0.15, 0.2) is 0 Å². The first-order chi connectivity index (χ1) is 12.5. The van der Waals surface area contributed by atoms with Crippen LogP contribution < -0.4 is 26.3 Å². The minimum Gasteiger partial charge on any atom is -0.497 e. The molecular weight excluding hydrogens is 330 g/mol. The maximum absolute atomic E-state index is 12.1. The van der Waals surface area contributed by atoms with Crippen LogP contribution in [0.25, 0.3) is 11.1 Å². The van der Waals surface area contributed by atoms with Crippen molar-refractivity contribution >= 4 is 23.2 Å². The smallest absolute Gasteiger partial charge is 0.417 e. The first-order valence-corrected chi connectivity index (χ1v) is 7.93. The van der Waals surface area contributed by atoms with Gasteiger partial charge in [0.25, 0.3) is 0 Å². The average Bonchev–Trinajstić information content (AvgIpc) is 2.64. The van der Waals surface area contributed by atoms with Crippen LogP contribution in [0.15, 0.2) is 66.7 Å². The normalized spacial score (nSPS) is 10.2. The Morgan fingerprint density at radius 3 is 2.23 bits per heavy atom. The highest BCUT2D eigenvalue weighted by Gasteiger charge is 2.09. The maximum atomic E-state index is 12.1. The second kappa shape index (κ2) is 7.48. The third-order valence-electron chi connectivity index (χ3n) is 3.78. The van der Waals surface area contributed by atoms with Gasteiger partial charge >= 0.3 is 6.09 Å². The topological polar surface area (TPSA) is 99.6 Å². The summed E-state index contributed by atoms with van der Waals surface area (Å²) in [5.41, 5.74) is 15.3. The minimum absolute atomic E-state index is 0.401. The second-order valence-electron chi connectivity index (χ2n) is 5.62. The van der Waals surface area contributed by atoms with E-state index in [1.54, 1.807) is 43.5 Å². The van der Waals surface area contributed by atoms with Crippen LogP contribution in [0.2, 0.25) is 0 Å². The number of carbonyl (C=O) groups is 1. The molecular formula is C20H19N3O3. The average molecular weight is 349 g/mol. The van der Waals surface area contributed by atoms with Gasteiger partial charge in [0.2, 0.25) is 0 Å². The molecule has 0 bridgehead atoms. The molecule has 132 valence electrons. The zero-order valence-electron chi connectivity index (χ0n) is 14.2. The molecule has 0 saturated carbocycles. The molecule has 0 spiro atoms. The highest BCUT2D eigenvalue weighted by atomic mass is 16.6. The molecule has 0 atom stereocenters. The Labute approximate surface area is 151 Å². The van der Waals surface area contributed by atoms with Crippen molar-refractivity contribution in [2.45, 2.75) is 0 Å². The van der Waals surface area contributed by atoms with E-state index in [0.29, 0.717) is 28.6 Å². The molecule has 0 fully saturated rings. The fourth-order valence-electron chi connectivity index (χ4n) is 2.46. The van der Waals surface area contributed by atoms with Crippen molar-refractivity contribution in [3.63, 3.8) is 0 Å². The molecule has 0 saturated heterocycles. The Balaban J connectivity index is 1.70. The van der Waals surface area contributed by atoms with Crippen LogP contribution in [-0.2, 0) is 0 Å². The van der Waals surface area contributed by atoms with Gasteiger partial charge in [-0.05, 0) is 59.7 Å². The van der Waals surface area contributed by atoms with Gasteiger partial charge < -0.3 is 20.9 Å². The van der Waals surface area contributed by atoms with Gasteiger partial charge in [0, 0.05) is 5.69 Å². The van der Waals surface area contributed by atoms with Gasteiger partial charge in [-0.25, -0.2) is 4.79 Å². The van der Waals surface area contributed by atoms with Crippen LogP contribution in [0, 0.1) is 0 Å². The van der Waals surface area contributed by atoms with Crippen LogP contribution in [0.1, 0.15) is 0 Å². The molecule has 0 radical (unpaired) electrons. The lowest BCUT2D eigenvalue weighted by molar-refractivity contribution is 0.215. The van der Waals surface area contributed by atoms with E-state index in [2.05, 4.69) is 5.32 Å². The molecule has 5 N–H and O–H groups in total. The van der Waals surface area contributed by atoms with E-state index in [4.69, 9.17) is 20.9 Å². The third kappa shape index (κ3) is 4.05. The lowest BCUT2D eigenvalue weighted by Crippen LogP contribution is -2.17. The van der Waals surface area contributed by atoms with Crippen molar-refractivity contribution in [3.05, 3.63) is 66.7 Å². The molecule has 3 rings (SSSR count). The van der Waals surface area contributed by atoms with Crippen molar-refractivity contribution in [2.75, 3.05) is 23.9 Å². The third-order valence-corrected chi connectivity index (χ3v) is 3.78. The molecule has 6 heteroatoms. The SMILES string of the molecule is COc1ccc(OC(=O)Nc2ccc(-c3cccc(N)c3)cc2N)cc1. The largest absolute Gasteiger partial charge is 0.497 e. The zero-order valence-corrected chi connectivity index (χ0v) is 14.2. The first kappa shape index (κ1) is 17.2. The van der Waals surface area contributed by atoms with E-state index < -0.39 is 6.09 Å². The van der Waals surface area contributed by atoms with Crippen LogP contribution in [0.4, 0.5) is 21.9 Å². The number of amides is 1. The summed E-state index contributed by atoms with van der Waals surface area (Å²) in [6.07, 6.45) is -0.626. The monoisotopic (exact) mass is 349 g/mol. The predicted octanol–water partition coefficient (Wildman–Crippen LogP) is 4.14. The number of benzene rings is 3. The van der Waals surface area contributed by atoms with Gasteiger partial charge in [-0.15, -0.1) is 0 Å². The summed E-state index contributed by atoms with van der Waals surface area (Å²) in [6, 6.07) is 19.5. The summed E-state index contributed by atoms with van der Waals surface area (Å²) in [7, 11) is 1.57. The number of rotatable bonds is 4. The molecule has 26 heavy (non-hydrogen) atoms. The predicted molar refractivity (Wildman–Crippen MR) is 103 cm³/mol. The molecule has 0 unspecified atom stereocenters. The number of nitrogens with two attached hydrogens (primary N) is 2. The summed E-state index contributed by atoms with van der Waals surface area (Å²) >= 11 is 0. The van der Waals surface area contributed by atoms with Crippen molar-refractivity contribution in [1.82, 2.24) is 0 Å². The molecule has 1 amide bonds. The molecule has 3 aromatic carbocycles. The number of nitrogens with one attached hydrogen (secondary N) is 1. The van der Waals surface area contributed by atoms with Gasteiger partial charge in [-0.2, -0.15) is 0 Å². The number of nitrogen functional groups attached to an aromatic ring is 2. The summed E-state index contributed by atoms with van der Waals surface area (Å²) < 4.78 is 10.3.